The van der Waals surface area contributed by atoms with Crippen LogP contribution < -0.4 is 10.1 Å². The number of carbonyl (C=O) groups is 1. The summed E-state index contributed by atoms with van der Waals surface area (Å²) < 4.78 is 7.20. The molecule has 2 aromatic carbocycles. The van der Waals surface area contributed by atoms with Crippen LogP contribution in [0.3, 0.4) is 0 Å². The first-order chi connectivity index (χ1) is 13.0. The summed E-state index contributed by atoms with van der Waals surface area (Å²) in [6, 6.07) is 13.0. The Hall–Kier alpha value is -2.51. The number of anilines is 1. The predicted octanol–water partition coefficient (Wildman–Crippen LogP) is 4.18. The molecule has 8 heteroatoms. The minimum atomic E-state index is -0.0980. The van der Waals surface area contributed by atoms with E-state index in [4.69, 9.17) is 16.3 Å². The van der Waals surface area contributed by atoms with Gasteiger partial charge in [0.05, 0.1) is 18.4 Å². The van der Waals surface area contributed by atoms with Gasteiger partial charge in [-0.3, -0.25) is 4.79 Å². The van der Waals surface area contributed by atoms with E-state index in [1.54, 1.807) is 25.3 Å². The van der Waals surface area contributed by atoms with E-state index in [1.807, 2.05) is 42.8 Å². The molecule has 0 saturated heterocycles. The molecule has 0 bridgehead atoms. The van der Waals surface area contributed by atoms with Gasteiger partial charge in [0.2, 0.25) is 5.91 Å². The molecular weight excluding hydrogens is 384 g/mol. The molecule has 1 aromatic heterocycles. The third-order valence-corrected chi connectivity index (χ3v) is 5.24. The molecular formula is C19H19ClN4O2S. The molecule has 0 radical (unpaired) electrons. The first kappa shape index (κ1) is 19.3. The molecule has 0 saturated carbocycles. The molecule has 1 N–H and O–H groups in total. The van der Waals surface area contributed by atoms with Crippen molar-refractivity contribution in [3.63, 3.8) is 0 Å². The third-order valence-electron chi connectivity index (χ3n) is 3.99. The molecule has 27 heavy (non-hydrogen) atoms. The number of aromatic nitrogens is 3. The maximum absolute atomic E-state index is 12.2. The van der Waals surface area contributed by atoms with E-state index in [9.17, 15) is 4.79 Å². The molecule has 0 fully saturated rings. The number of hydrogen-bond donors (Lipinski definition) is 1. The molecule has 0 spiro atoms. The van der Waals surface area contributed by atoms with Gasteiger partial charge in [0, 0.05) is 17.8 Å². The van der Waals surface area contributed by atoms with Crippen LogP contribution >= 0.6 is 23.4 Å². The highest BCUT2D eigenvalue weighted by molar-refractivity contribution is 7.99. The molecule has 6 nitrogen and oxygen atoms in total. The second-order valence-corrected chi connectivity index (χ2v) is 7.24. The summed E-state index contributed by atoms with van der Waals surface area (Å²) in [7, 11) is 3.44. The van der Waals surface area contributed by atoms with Gasteiger partial charge in [-0.2, -0.15) is 0 Å². The molecule has 0 aliphatic carbocycles. The Kier molecular flexibility index (Phi) is 6.03. The zero-order valence-electron chi connectivity index (χ0n) is 15.2. The van der Waals surface area contributed by atoms with E-state index >= 15 is 0 Å². The molecule has 0 aliphatic heterocycles. The normalized spacial score (nSPS) is 10.7. The number of para-hydroxylation sites is 1. The molecule has 1 amide bonds. The highest BCUT2D eigenvalue weighted by Crippen LogP contribution is 2.32. The monoisotopic (exact) mass is 402 g/mol. The van der Waals surface area contributed by atoms with Gasteiger partial charge in [0.1, 0.15) is 5.75 Å². The van der Waals surface area contributed by atoms with Crippen molar-refractivity contribution >= 4 is 35.0 Å². The van der Waals surface area contributed by atoms with Gasteiger partial charge in [0.15, 0.2) is 11.0 Å². The summed E-state index contributed by atoms with van der Waals surface area (Å²) in [5.74, 6) is 1.41. The Morgan fingerprint density at radius 1 is 1.26 bits per heavy atom. The van der Waals surface area contributed by atoms with Crippen LogP contribution in [0.15, 0.2) is 47.6 Å². The van der Waals surface area contributed by atoms with Gasteiger partial charge >= 0.3 is 0 Å². The number of benzene rings is 2. The number of hydrogen-bond acceptors (Lipinski definition) is 5. The largest absolute Gasteiger partial charge is 0.496 e. The molecule has 0 unspecified atom stereocenters. The lowest BCUT2D eigenvalue weighted by atomic mass is 10.2. The average molecular weight is 403 g/mol. The van der Waals surface area contributed by atoms with E-state index in [2.05, 4.69) is 15.5 Å². The number of rotatable bonds is 6. The van der Waals surface area contributed by atoms with Crippen LogP contribution in [0.2, 0.25) is 5.02 Å². The maximum atomic E-state index is 12.2. The zero-order chi connectivity index (χ0) is 19.4. The summed E-state index contributed by atoms with van der Waals surface area (Å²) in [6.45, 7) is 1.95. The molecule has 1 heterocycles. The van der Waals surface area contributed by atoms with Gasteiger partial charge < -0.3 is 14.6 Å². The molecule has 3 aromatic rings. The van der Waals surface area contributed by atoms with Crippen molar-refractivity contribution in [2.24, 2.45) is 7.05 Å². The summed E-state index contributed by atoms with van der Waals surface area (Å²) in [5.41, 5.74) is 2.58. The highest BCUT2D eigenvalue weighted by Gasteiger charge is 2.17. The number of amides is 1. The molecule has 3 rings (SSSR count). The summed E-state index contributed by atoms with van der Waals surface area (Å²) in [5, 5.41) is 12.5. The van der Waals surface area contributed by atoms with Gasteiger partial charge in [0.25, 0.3) is 0 Å². The number of carbonyl (C=O) groups excluding carboxylic acids is 1. The van der Waals surface area contributed by atoms with Gasteiger partial charge in [-0.05, 0) is 36.8 Å². The highest BCUT2D eigenvalue weighted by atomic mass is 35.5. The van der Waals surface area contributed by atoms with Crippen molar-refractivity contribution in [1.29, 1.82) is 0 Å². The molecule has 0 atom stereocenters. The Bertz CT molecular complexity index is 974. The Balaban J connectivity index is 1.72. The number of ether oxygens (including phenoxy) is 1. The maximum Gasteiger partial charge on any atom is 0.234 e. The quantitative estimate of drug-likeness (QED) is 0.626. The van der Waals surface area contributed by atoms with E-state index in [-0.39, 0.29) is 11.7 Å². The van der Waals surface area contributed by atoms with Crippen molar-refractivity contribution in [3.05, 3.63) is 53.1 Å². The lowest BCUT2D eigenvalue weighted by Gasteiger charge is -2.09. The second kappa shape index (κ2) is 8.45. The van der Waals surface area contributed by atoms with Crippen LogP contribution in [0.1, 0.15) is 5.56 Å². The first-order valence-corrected chi connectivity index (χ1v) is 9.57. The SMILES string of the molecule is COc1ccc(Cl)cc1-c1nnc(SCC(=O)Nc2ccccc2C)n1C. The number of aryl methyl sites for hydroxylation is 1. The predicted molar refractivity (Wildman–Crippen MR) is 109 cm³/mol. The Morgan fingerprint density at radius 3 is 2.78 bits per heavy atom. The van der Waals surface area contributed by atoms with Crippen LogP contribution in [-0.4, -0.2) is 33.5 Å². The minimum absolute atomic E-state index is 0.0980. The Labute approximate surface area is 166 Å². The second-order valence-electron chi connectivity index (χ2n) is 5.86. The first-order valence-electron chi connectivity index (χ1n) is 8.21. The number of methoxy groups -OCH3 is 1. The zero-order valence-corrected chi connectivity index (χ0v) is 16.8. The van der Waals surface area contributed by atoms with Gasteiger partial charge in [-0.15, -0.1) is 10.2 Å². The number of thioether (sulfide) groups is 1. The van der Waals surface area contributed by atoms with E-state index in [0.717, 1.165) is 16.8 Å². The van der Waals surface area contributed by atoms with E-state index in [0.29, 0.717) is 21.8 Å². The van der Waals surface area contributed by atoms with Gasteiger partial charge in [-0.1, -0.05) is 41.6 Å². The standard InChI is InChI=1S/C19H19ClN4O2S/c1-12-6-4-5-7-15(12)21-17(25)11-27-19-23-22-18(24(19)2)14-10-13(20)8-9-16(14)26-3/h4-10H,11H2,1-3H3,(H,21,25). The van der Waals surface area contributed by atoms with Crippen LogP contribution in [0.25, 0.3) is 11.4 Å². The van der Waals surface area contributed by atoms with Crippen molar-refractivity contribution in [2.45, 2.75) is 12.1 Å². The molecule has 0 aliphatic rings. The number of halogens is 1. The summed E-state index contributed by atoms with van der Waals surface area (Å²) in [4.78, 5) is 12.2. The van der Waals surface area contributed by atoms with E-state index in [1.165, 1.54) is 11.8 Å². The van der Waals surface area contributed by atoms with Crippen molar-refractivity contribution in [2.75, 3.05) is 18.2 Å². The van der Waals surface area contributed by atoms with Crippen LogP contribution in [-0.2, 0) is 11.8 Å². The van der Waals surface area contributed by atoms with Crippen LogP contribution in [0, 0.1) is 6.92 Å². The van der Waals surface area contributed by atoms with Gasteiger partial charge in [-0.25, -0.2) is 0 Å². The lowest BCUT2D eigenvalue weighted by molar-refractivity contribution is -0.113. The summed E-state index contributed by atoms with van der Waals surface area (Å²) in [6.07, 6.45) is 0. The topological polar surface area (TPSA) is 69.0 Å². The molecule has 140 valence electrons. The Morgan fingerprint density at radius 2 is 2.04 bits per heavy atom. The number of nitrogens with zero attached hydrogens (tertiary/aromatic N) is 3. The van der Waals surface area contributed by atoms with Crippen LogP contribution in [0.5, 0.6) is 5.75 Å². The van der Waals surface area contributed by atoms with E-state index < -0.39 is 0 Å². The summed E-state index contributed by atoms with van der Waals surface area (Å²) >= 11 is 7.42. The number of nitrogens with one attached hydrogen (secondary N) is 1. The lowest BCUT2D eigenvalue weighted by Crippen LogP contribution is -2.15. The van der Waals surface area contributed by atoms with Crippen molar-refractivity contribution < 1.29 is 9.53 Å². The average Bonchev–Trinajstić information content (AvgIpc) is 3.02. The van der Waals surface area contributed by atoms with Crippen molar-refractivity contribution in [1.82, 2.24) is 14.8 Å². The minimum Gasteiger partial charge on any atom is -0.496 e. The fourth-order valence-electron chi connectivity index (χ4n) is 2.56. The third kappa shape index (κ3) is 4.43. The van der Waals surface area contributed by atoms with Crippen LogP contribution in [0.4, 0.5) is 5.69 Å². The smallest absolute Gasteiger partial charge is 0.234 e. The fraction of sp³-hybridized carbons (Fsp3) is 0.211. The fourth-order valence-corrected chi connectivity index (χ4v) is 3.44. The van der Waals surface area contributed by atoms with Crippen molar-refractivity contribution in [3.8, 4) is 17.1 Å².